The third-order valence-corrected chi connectivity index (χ3v) is 5.19. The number of carbonyl (C=O) groups excluding carboxylic acids is 2. The quantitative estimate of drug-likeness (QED) is 0.726. The van der Waals surface area contributed by atoms with Crippen LogP contribution >= 0.6 is 0 Å². The lowest BCUT2D eigenvalue weighted by Crippen LogP contribution is -2.56. The number of nitrogens with one attached hydrogen (secondary N) is 1. The van der Waals surface area contributed by atoms with Gasteiger partial charge in [0, 0.05) is 44.8 Å². The number of amides is 2. The minimum Gasteiger partial charge on any atom is -0.396 e. The molecule has 7 nitrogen and oxygen atoms in total. The van der Waals surface area contributed by atoms with Crippen molar-refractivity contribution in [3.63, 3.8) is 0 Å². The molecule has 2 N–H and O–H groups in total. The average molecular weight is 346 g/mol. The molecule has 1 unspecified atom stereocenters. The van der Waals surface area contributed by atoms with E-state index in [0.29, 0.717) is 26.2 Å². The summed E-state index contributed by atoms with van der Waals surface area (Å²) in [6.45, 7) is 2.50. The molecule has 1 aromatic heterocycles. The van der Waals surface area contributed by atoms with Gasteiger partial charge in [-0.05, 0) is 25.0 Å². The molecular formula is C18H26N4O3. The standard InChI is InChI=1S/C18H26N4O3/c1-21(12-18(13-23)5-6-18)16(24)10-15-17(25)20-8-9-22(15)11-14-4-2-3-7-19-14/h2-4,7,15,23H,5-6,8-13H2,1H3,(H,20,25). The zero-order valence-electron chi connectivity index (χ0n) is 14.6. The topological polar surface area (TPSA) is 85.8 Å². The summed E-state index contributed by atoms with van der Waals surface area (Å²) in [5.74, 6) is -0.167. The summed E-state index contributed by atoms with van der Waals surface area (Å²) < 4.78 is 0. The van der Waals surface area contributed by atoms with Crippen LogP contribution in [0, 0.1) is 5.41 Å². The maximum atomic E-state index is 12.6. The molecule has 2 heterocycles. The Morgan fingerprint density at radius 1 is 1.48 bits per heavy atom. The van der Waals surface area contributed by atoms with Crippen LogP contribution in [-0.2, 0) is 16.1 Å². The molecule has 0 aromatic carbocycles. The molecule has 1 aliphatic carbocycles. The molecule has 136 valence electrons. The van der Waals surface area contributed by atoms with Crippen molar-refractivity contribution in [2.45, 2.75) is 31.8 Å². The van der Waals surface area contributed by atoms with Gasteiger partial charge in [-0.15, -0.1) is 0 Å². The fourth-order valence-corrected chi connectivity index (χ4v) is 3.33. The largest absolute Gasteiger partial charge is 0.396 e. The highest BCUT2D eigenvalue weighted by atomic mass is 16.3. The molecule has 0 bridgehead atoms. The molecule has 25 heavy (non-hydrogen) atoms. The van der Waals surface area contributed by atoms with Crippen molar-refractivity contribution in [3.8, 4) is 0 Å². The van der Waals surface area contributed by atoms with Crippen LogP contribution in [0.2, 0.25) is 0 Å². The fourth-order valence-electron chi connectivity index (χ4n) is 3.33. The number of carbonyl (C=O) groups is 2. The van der Waals surface area contributed by atoms with Gasteiger partial charge in [0.1, 0.15) is 0 Å². The highest BCUT2D eigenvalue weighted by molar-refractivity contribution is 5.88. The van der Waals surface area contributed by atoms with Crippen molar-refractivity contribution in [1.29, 1.82) is 0 Å². The predicted octanol–water partition coefficient (Wildman–Crippen LogP) is 0.00300. The lowest BCUT2D eigenvalue weighted by molar-refractivity contribution is -0.138. The lowest BCUT2D eigenvalue weighted by atomic mass is 10.1. The normalized spacial score (nSPS) is 22.3. The Labute approximate surface area is 148 Å². The van der Waals surface area contributed by atoms with E-state index in [1.54, 1.807) is 18.1 Å². The van der Waals surface area contributed by atoms with Crippen LogP contribution in [0.25, 0.3) is 0 Å². The van der Waals surface area contributed by atoms with Gasteiger partial charge in [-0.1, -0.05) is 6.07 Å². The number of nitrogens with zero attached hydrogens (tertiary/aromatic N) is 3. The Bertz CT molecular complexity index is 618. The molecule has 2 fully saturated rings. The van der Waals surface area contributed by atoms with E-state index >= 15 is 0 Å². The molecular weight excluding hydrogens is 320 g/mol. The number of hydrogen-bond donors (Lipinski definition) is 2. The van der Waals surface area contributed by atoms with Gasteiger partial charge in [-0.25, -0.2) is 0 Å². The predicted molar refractivity (Wildman–Crippen MR) is 92.5 cm³/mol. The second-order valence-corrected chi connectivity index (χ2v) is 7.21. The summed E-state index contributed by atoms with van der Waals surface area (Å²) in [4.78, 5) is 32.9. The van der Waals surface area contributed by atoms with Gasteiger partial charge in [0.05, 0.1) is 24.8 Å². The zero-order valence-corrected chi connectivity index (χ0v) is 14.6. The number of hydrogen-bond acceptors (Lipinski definition) is 5. The molecule has 2 aliphatic rings. The number of aliphatic hydroxyl groups excluding tert-OH is 1. The van der Waals surface area contributed by atoms with E-state index in [9.17, 15) is 14.7 Å². The second-order valence-electron chi connectivity index (χ2n) is 7.21. The van der Waals surface area contributed by atoms with Crippen LogP contribution in [0.1, 0.15) is 25.0 Å². The van der Waals surface area contributed by atoms with Crippen molar-refractivity contribution >= 4 is 11.8 Å². The molecule has 2 amide bonds. The molecule has 1 aromatic rings. The minimum atomic E-state index is -0.477. The fraction of sp³-hybridized carbons (Fsp3) is 0.611. The highest BCUT2D eigenvalue weighted by Gasteiger charge is 2.44. The summed E-state index contributed by atoms with van der Waals surface area (Å²) in [6.07, 6.45) is 3.79. The van der Waals surface area contributed by atoms with Gasteiger partial charge in [-0.3, -0.25) is 19.5 Å². The first-order chi connectivity index (χ1) is 12.0. The van der Waals surface area contributed by atoms with E-state index < -0.39 is 6.04 Å². The number of piperazine rings is 1. The SMILES string of the molecule is CN(CC1(CO)CC1)C(=O)CC1C(=O)NCCN1Cc1ccccn1. The molecule has 1 aliphatic heterocycles. The summed E-state index contributed by atoms with van der Waals surface area (Å²) in [7, 11) is 1.75. The van der Waals surface area contributed by atoms with Gasteiger partial charge in [0.15, 0.2) is 0 Å². The van der Waals surface area contributed by atoms with E-state index in [-0.39, 0.29) is 30.3 Å². The van der Waals surface area contributed by atoms with Crippen LogP contribution in [-0.4, -0.2) is 71.0 Å². The Morgan fingerprint density at radius 2 is 2.28 bits per heavy atom. The monoisotopic (exact) mass is 346 g/mol. The van der Waals surface area contributed by atoms with E-state index in [1.807, 2.05) is 23.1 Å². The van der Waals surface area contributed by atoms with Gasteiger partial charge < -0.3 is 15.3 Å². The average Bonchev–Trinajstić information content (AvgIpc) is 3.38. The maximum Gasteiger partial charge on any atom is 0.237 e. The third-order valence-electron chi connectivity index (χ3n) is 5.19. The van der Waals surface area contributed by atoms with Crippen molar-refractivity contribution in [2.24, 2.45) is 5.41 Å². The number of aromatic nitrogens is 1. The van der Waals surface area contributed by atoms with Crippen molar-refractivity contribution in [3.05, 3.63) is 30.1 Å². The van der Waals surface area contributed by atoms with E-state index in [2.05, 4.69) is 10.3 Å². The minimum absolute atomic E-state index is 0.0622. The highest BCUT2D eigenvalue weighted by Crippen LogP contribution is 2.45. The maximum absolute atomic E-state index is 12.6. The van der Waals surface area contributed by atoms with Crippen LogP contribution < -0.4 is 5.32 Å². The molecule has 3 rings (SSSR count). The molecule has 1 atom stereocenters. The van der Waals surface area contributed by atoms with Gasteiger partial charge in [0.25, 0.3) is 0 Å². The van der Waals surface area contributed by atoms with Gasteiger partial charge in [-0.2, -0.15) is 0 Å². The van der Waals surface area contributed by atoms with E-state index in [1.165, 1.54) is 0 Å². The van der Waals surface area contributed by atoms with Crippen LogP contribution in [0.15, 0.2) is 24.4 Å². The van der Waals surface area contributed by atoms with Crippen molar-refractivity contribution in [2.75, 3.05) is 33.3 Å². The van der Waals surface area contributed by atoms with Crippen LogP contribution in [0.5, 0.6) is 0 Å². The van der Waals surface area contributed by atoms with Crippen LogP contribution in [0.4, 0.5) is 0 Å². The van der Waals surface area contributed by atoms with E-state index in [4.69, 9.17) is 0 Å². The molecule has 1 saturated carbocycles. The van der Waals surface area contributed by atoms with Crippen LogP contribution in [0.3, 0.4) is 0 Å². The third kappa shape index (κ3) is 4.35. The number of aliphatic hydroxyl groups is 1. The Hall–Kier alpha value is -1.99. The lowest BCUT2D eigenvalue weighted by Gasteiger charge is -2.35. The van der Waals surface area contributed by atoms with Gasteiger partial charge >= 0.3 is 0 Å². The smallest absolute Gasteiger partial charge is 0.237 e. The van der Waals surface area contributed by atoms with E-state index in [0.717, 1.165) is 18.5 Å². The zero-order chi connectivity index (χ0) is 17.9. The first-order valence-corrected chi connectivity index (χ1v) is 8.79. The van der Waals surface area contributed by atoms with Crippen molar-refractivity contribution < 1.29 is 14.7 Å². The summed E-state index contributed by atoms with van der Waals surface area (Å²) in [6, 6.07) is 5.23. The summed E-state index contributed by atoms with van der Waals surface area (Å²) in [5, 5.41) is 12.3. The molecule has 0 radical (unpaired) electrons. The summed E-state index contributed by atoms with van der Waals surface area (Å²) in [5.41, 5.74) is 0.771. The number of rotatable bonds is 7. The summed E-state index contributed by atoms with van der Waals surface area (Å²) >= 11 is 0. The first kappa shape index (κ1) is 17.8. The first-order valence-electron chi connectivity index (χ1n) is 8.79. The number of pyridine rings is 1. The van der Waals surface area contributed by atoms with Gasteiger partial charge in [0.2, 0.25) is 11.8 Å². The second kappa shape index (κ2) is 7.49. The molecule has 0 spiro atoms. The molecule has 7 heteroatoms. The Morgan fingerprint density at radius 3 is 2.92 bits per heavy atom. The van der Waals surface area contributed by atoms with Crippen molar-refractivity contribution in [1.82, 2.24) is 20.1 Å². The Kier molecular flexibility index (Phi) is 5.34. The molecule has 1 saturated heterocycles. The Balaban J connectivity index is 1.62.